The minimum Gasteiger partial charge on any atom is -0.497 e. The van der Waals surface area contributed by atoms with Crippen LogP contribution in [0.25, 0.3) is 0 Å². The number of hydrogen-bond donors (Lipinski definition) is 2. The maximum Gasteiger partial charge on any atom is 0.320 e. The molecule has 1 saturated heterocycles. The third-order valence-corrected chi connectivity index (χ3v) is 4.31. The van der Waals surface area contributed by atoms with Gasteiger partial charge in [-0.05, 0) is 24.6 Å². The highest BCUT2D eigenvalue weighted by atomic mass is 16.5. The van der Waals surface area contributed by atoms with Gasteiger partial charge in [-0.2, -0.15) is 0 Å². The average molecular weight is 360 g/mol. The zero-order chi connectivity index (χ0) is 18.4. The molecule has 0 spiro atoms. The molecule has 1 aliphatic rings. The molecule has 26 heavy (non-hydrogen) atoms. The van der Waals surface area contributed by atoms with Crippen LogP contribution in [0.2, 0.25) is 0 Å². The van der Waals surface area contributed by atoms with Gasteiger partial charge < -0.3 is 19.3 Å². The molecular weight excluding hydrogens is 336 g/mol. The molecule has 8 nitrogen and oxygen atoms in total. The van der Waals surface area contributed by atoms with Crippen LogP contribution in [0, 0.1) is 6.92 Å². The first-order valence-corrected chi connectivity index (χ1v) is 8.59. The lowest BCUT2D eigenvalue weighted by Gasteiger charge is -2.35. The summed E-state index contributed by atoms with van der Waals surface area (Å²) in [6, 6.07) is 9.32. The second-order valence-corrected chi connectivity index (χ2v) is 6.10. The zero-order valence-electron chi connectivity index (χ0n) is 15.0. The van der Waals surface area contributed by atoms with Gasteiger partial charge >= 0.3 is 6.03 Å². The van der Waals surface area contributed by atoms with E-state index in [1.807, 2.05) is 24.3 Å². The fourth-order valence-corrected chi connectivity index (χ4v) is 2.95. The van der Waals surface area contributed by atoms with Crippen LogP contribution >= 0.6 is 0 Å². The van der Waals surface area contributed by atoms with Crippen LogP contribution in [0.3, 0.4) is 0 Å². The van der Waals surface area contributed by atoms with Crippen LogP contribution in [-0.4, -0.2) is 56.0 Å². The monoisotopic (exact) mass is 360 g/mol. The third kappa shape index (κ3) is 4.74. The molecule has 1 fully saturated rings. The summed E-state index contributed by atoms with van der Waals surface area (Å²) in [5, 5.41) is 9.35. The van der Waals surface area contributed by atoms with Crippen LogP contribution in [0.4, 0.5) is 10.6 Å². The summed E-state index contributed by atoms with van der Waals surface area (Å²) in [5.41, 5.74) is 1.12. The van der Waals surface area contributed by atoms with Gasteiger partial charge in [-0.15, -0.1) is 0 Å². The van der Waals surface area contributed by atoms with Crippen molar-refractivity contribution in [3.63, 3.8) is 0 Å². The van der Waals surface area contributed by atoms with Crippen molar-refractivity contribution in [1.29, 1.82) is 0 Å². The number of morpholine rings is 1. The van der Waals surface area contributed by atoms with Gasteiger partial charge in [0.1, 0.15) is 11.5 Å². The lowest BCUT2D eigenvalue weighted by Crippen LogP contribution is -2.44. The summed E-state index contributed by atoms with van der Waals surface area (Å²) in [4.78, 5) is 14.5. The highest BCUT2D eigenvalue weighted by molar-refractivity contribution is 5.88. The largest absolute Gasteiger partial charge is 0.497 e. The number of aromatic nitrogens is 1. The second kappa shape index (κ2) is 8.68. The average Bonchev–Trinajstić information content (AvgIpc) is 3.08. The molecule has 1 atom stereocenters. The van der Waals surface area contributed by atoms with Crippen LogP contribution in [-0.2, 0) is 4.74 Å². The number of rotatable bonds is 6. The Balaban J connectivity index is 1.65. The number of carbonyl (C=O) groups excluding carboxylic acids is 1. The number of anilines is 1. The summed E-state index contributed by atoms with van der Waals surface area (Å²) in [6.07, 6.45) is 0. The fourth-order valence-electron chi connectivity index (χ4n) is 2.95. The van der Waals surface area contributed by atoms with Gasteiger partial charge in [0.15, 0.2) is 5.82 Å². The van der Waals surface area contributed by atoms with Gasteiger partial charge in [-0.3, -0.25) is 10.2 Å². The molecule has 3 rings (SSSR count). The highest BCUT2D eigenvalue weighted by Crippen LogP contribution is 2.23. The molecule has 140 valence electrons. The maximum atomic E-state index is 12.2. The first-order valence-electron chi connectivity index (χ1n) is 8.59. The van der Waals surface area contributed by atoms with Crippen molar-refractivity contribution in [3.8, 4) is 5.75 Å². The van der Waals surface area contributed by atoms with Crippen LogP contribution in [0.5, 0.6) is 5.75 Å². The lowest BCUT2D eigenvalue weighted by molar-refractivity contribution is 0.0167. The standard InChI is InChI=1S/C18H24N4O4/c1-13-11-17(21-26-13)20-18(23)19-12-16(22-7-9-25-10-8-22)14-3-5-15(24-2)6-4-14/h3-6,11,16H,7-10,12H2,1-2H3,(H2,19,20,21,23)/t16-/m0/s1. The van der Waals surface area contributed by atoms with Crippen molar-refractivity contribution >= 4 is 11.8 Å². The van der Waals surface area contributed by atoms with E-state index in [-0.39, 0.29) is 12.1 Å². The molecule has 2 N–H and O–H groups in total. The Morgan fingerprint density at radius 1 is 1.31 bits per heavy atom. The quantitative estimate of drug-likeness (QED) is 0.821. The van der Waals surface area contributed by atoms with E-state index in [0.29, 0.717) is 31.3 Å². The number of aryl methyl sites for hydroxylation is 1. The number of hydrogen-bond acceptors (Lipinski definition) is 6. The minimum atomic E-state index is -0.315. The van der Waals surface area contributed by atoms with E-state index >= 15 is 0 Å². The van der Waals surface area contributed by atoms with Crippen molar-refractivity contribution in [2.45, 2.75) is 13.0 Å². The normalized spacial score (nSPS) is 16.1. The van der Waals surface area contributed by atoms with Gasteiger partial charge in [-0.1, -0.05) is 17.3 Å². The summed E-state index contributed by atoms with van der Waals surface area (Å²) in [5.74, 6) is 1.85. The fraction of sp³-hybridized carbons (Fsp3) is 0.444. The topological polar surface area (TPSA) is 88.9 Å². The Labute approximate surface area is 152 Å². The minimum absolute atomic E-state index is 0.0506. The smallest absolute Gasteiger partial charge is 0.320 e. The number of amides is 2. The molecule has 2 aromatic rings. The summed E-state index contributed by atoms with van der Waals surface area (Å²) in [7, 11) is 1.64. The van der Waals surface area contributed by atoms with Gasteiger partial charge in [0.25, 0.3) is 0 Å². The van der Waals surface area contributed by atoms with E-state index in [9.17, 15) is 4.79 Å². The Hall–Kier alpha value is -2.58. The van der Waals surface area contributed by atoms with Gasteiger partial charge in [-0.25, -0.2) is 4.79 Å². The molecule has 0 aliphatic carbocycles. The van der Waals surface area contributed by atoms with Gasteiger partial charge in [0, 0.05) is 25.7 Å². The van der Waals surface area contributed by atoms with E-state index in [4.69, 9.17) is 14.0 Å². The molecule has 2 heterocycles. The van der Waals surface area contributed by atoms with E-state index in [1.165, 1.54) is 0 Å². The Kier molecular flexibility index (Phi) is 6.08. The maximum absolute atomic E-state index is 12.2. The molecule has 0 bridgehead atoms. The van der Waals surface area contributed by atoms with Crippen molar-refractivity contribution in [3.05, 3.63) is 41.7 Å². The summed E-state index contributed by atoms with van der Waals surface area (Å²) < 4.78 is 15.6. The van der Waals surface area contributed by atoms with Gasteiger partial charge in [0.05, 0.1) is 26.4 Å². The van der Waals surface area contributed by atoms with Crippen molar-refractivity contribution in [1.82, 2.24) is 15.4 Å². The number of urea groups is 1. The molecule has 1 aliphatic heterocycles. The predicted octanol–water partition coefficient (Wildman–Crippen LogP) is 2.19. The number of benzene rings is 1. The molecule has 1 aromatic carbocycles. The molecule has 8 heteroatoms. The number of methoxy groups -OCH3 is 1. The van der Waals surface area contributed by atoms with E-state index in [2.05, 4.69) is 20.7 Å². The Bertz CT molecular complexity index is 710. The first-order chi connectivity index (χ1) is 12.7. The van der Waals surface area contributed by atoms with Crippen molar-refractivity contribution in [2.75, 3.05) is 45.3 Å². The van der Waals surface area contributed by atoms with E-state index < -0.39 is 0 Å². The van der Waals surface area contributed by atoms with E-state index in [1.54, 1.807) is 20.1 Å². The van der Waals surface area contributed by atoms with Crippen LogP contribution in [0.1, 0.15) is 17.4 Å². The highest BCUT2D eigenvalue weighted by Gasteiger charge is 2.23. The molecule has 2 amide bonds. The predicted molar refractivity (Wildman–Crippen MR) is 96.4 cm³/mol. The third-order valence-electron chi connectivity index (χ3n) is 4.31. The van der Waals surface area contributed by atoms with E-state index in [0.717, 1.165) is 24.4 Å². The zero-order valence-corrected chi connectivity index (χ0v) is 15.0. The number of carbonyl (C=O) groups is 1. The van der Waals surface area contributed by atoms with Crippen LogP contribution < -0.4 is 15.4 Å². The molecule has 1 aromatic heterocycles. The van der Waals surface area contributed by atoms with Crippen molar-refractivity contribution in [2.24, 2.45) is 0 Å². The number of nitrogens with zero attached hydrogens (tertiary/aromatic N) is 2. The summed E-state index contributed by atoms with van der Waals surface area (Å²) in [6.45, 7) is 5.27. The Morgan fingerprint density at radius 2 is 2.04 bits per heavy atom. The first kappa shape index (κ1) is 18.2. The van der Waals surface area contributed by atoms with Gasteiger partial charge in [0.2, 0.25) is 0 Å². The second-order valence-electron chi connectivity index (χ2n) is 6.10. The Morgan fingerprint density at radius 3 is 2.65 bits per heavy atom. The molecule has 0 radical (unpaired) electrons. The van der Waals surface area contributed by atoms with Crippen molar-refractivity contribution < 1.29 is 18.8 Å². The SMILES string of the molecule is COc1ccc([C@H](CNC(=O)Nc2cc(C)on2)N2CCOCC2)cc1. The molecular formula is C18H24N4O4. The molecule has 0 saturated carbocycles. The molecule has 0 unspecified atom stereocenters. The number of ether oxygens (including phenoxy) is 2. The van der Waals surface area contributed by atoms with Crippen LogP contribution in [0.15, 0.2) is 34.9 Å². The summed E-state index contributed by atoms with van der Waals surface area (Å²) >= 11 is 0. The lowest BCUT2D eigenvalue weighted by atomic mass is 10.0. The number of nitrogens with one attached hydrogen (secondary N) is 2.